The van der Waals surface area contributed by atoms with Gasteiger partial charge < -0.3 is 14.8 Å². The van der Waals surface area contributed by atoms with Crippen molar-refractivity contribution in [1.29, 1.82) is 0 Å². The number of esters is 1. The smallest absolute Gasteiger partial charge is 0.310 e. The summed E-state index contributed by atoms with van der Waals surface area (Å²) in [4.78, 5) is 34.1. The predicted molar refractivity (Wildman–Crippen MR) is 98.6 cm³/mol. The number of aryl methyl sites for hydroxylation is 1. The molecule has 0 saturated heterocycles. The van der Waals surface area contributed by atoms with E-state index in [1.165, 1.54) is 31.2 Å². The van der Waals surface area contributed by atoms with Crippen LogP contribution in [0.5, 0.6) is 5.75 Å². The molecule has 27 heavy (non-hydrogen) atoms. The Balaban J connectivity index is 1.79. The molecule has 0 saturated carbocycles. The number of anilines is 1. The normalized spacial score (nSPS) is 11.3. The van der Waals surface area contributed by atoms with Crippen molar-refractivity contribution < 1.29 is 24.0 Å². The predicted octanol–water partition coefficient (Wildman–Crippen LogP) is 3.24. The van der Waals surface area contributed by atoms with E-state index in [1.54, 1.807) is 6.07 Å². The Bertz CT molecular complexity index is 836. The fourth-order valence-corrected chi connectivity index (χ4v) is 2.21. The van der Waals surface area contributed by atoms with Gasteiger partial charge in [-0.2, -0.15) is 0 Å². The van der Waals surface area contributed by atoms with Crippen LogP contribution in [0, 0.1) is 17.0 Å². The lowest BCUT2D eigenvalue weighted by molar-refractivity contribution is -0.384. The maximum Gasteiger partial charge on any atom is 0.310 e. The van der Waals surface area contributed by atoms with Crippen molar-refractivity contribution in [3.8, 4) is 5.75 Å². The van der Waals surface area contributed by atoms with E-state index in [2.05, 4.69) is 5.32 Å². The van der Waals surface area contributed by atoms with Crippen LogP contribution in [-0.2, 0) is 14.3 Å². The van der Waals surface area contributed by atoms with Crippen LogP contribution in [0.15, 0.2) is 48.5 Å². The molecular formula is C19H20N2O6. The van der Waals surface area contributed by atoms with Gasteiger partial charge in [0.15, 0.2) is 6.10 Å². The zero-order valence-electron chi connectivity index (χ0n) is 15.0. The third-order valence-electron chi connectivity index (χ3n) is 3.66. The van der Waals surface area contributed by atoms with Gasteiger partial charge in [0.1, 0.15) is 5.75 Å². The van der Waals surface area contributed by atoms with E-state index in [0.717, 1.165) is 5.56 Å². The zero-order valence-corrected chi connectivity index (χ0v) is 15.0. The molecule has 0 radical (unpaired) electrons. The van der Waals surface area contributed by atoms with Gasteiger partial charge in [-0.05, 0) is 31.5 Å². The van der Waals surface area contributed by atoms with Gasteiger partial charge in [0.2, 0.25) is 0 Å². The lowest BCUT2D eigenvalue weighted by Gasteiger charge is -2.14. The van der Waals surface area contributed by atoms with E-state index in [1.807, 2.05) is 25.1 Å². The molecule has 2 rings (SSSR count). The minimum atomic E-state index is -1.05. The van der Waals surface area contributed by atoms with Gasteiger partial charge in [-0.15, -0.1) is 0 Å². The summed E-state index contributed by atoms with van der Waals surface area (Å²) < 4.78 is 10.6. The summed E-state index contributed by atoms with van der Waals surface area (Å²) in [5.41, 5.74) is 1.06. The second-order valence-corrected chi connectivity index (χ2v) is 5.79. The number of non-ortho nitro benzene ring substituents is 1. The Morgan fingerprint density at radius 3 is 2.63 bits per heavy atom. The Labute approximate surface area is 156 Å². The summed E-state index contributed by atoms with van der Waals surface area (Å²) in [7, 11) is 0. The number of para-hydroxylation sites is 1. The number of hydrogen-bond donors (Lipinski definition) is 1. The van der Waals surface area contributed by atoms with Crippen molar-refractivity contribution >= 4 is 23.3 Å². The standard InChI is InChI=1S/C19H20N2O6/c1-13-6-3-4-9-17(13)26-11-10-18(22)27-14(2)19(23)20-15-7-5-8-16(12-15)21(24)25/h3-9,12,14H,10-11H2,1-2H3,(H,20,23). The highest BCUT2D eigenvalue weighted by atomic mass is 16.6. The molecular weight excluding hydrogens is 352 g/mol. The first-order valence-electron chi connectivity index (χ1n) is 8.30. The lowest BCUT2D eigenvalue weighted by Crippen LogP contribution is -2.30. The van der Waals surface area contributed by atoms with Crippen molar-refractivity contribution in [2.45, 2.75) is 26.4 Å². The Morgan fingerprint density at radius 1 is 1.19 bits per heavy atom. The fraction of sp³-hybridized carbons (Fsp3) is 0.263. The van der Waals surface area contributed by atoms with E-state index in [4.69, 9.17) is 9.47 Å². The highest BCUT2D eigenvalue weighted by Gasteiger charge is 2.18. The van der Waals surface area contributed by atoms with Crippen LogP contribution in [0.4, 0.5) is 11.4 Å². The van der Waals surface area contributed by atoms with Gasteiger partial charge in [-0.3, -0.25) is 19.7 Å². The Morgan fingerprint density at radius 2 is 1.93 bits per heavy atom. The SMILES string of the molecule is Cc1ccccc1OCCC(=O)OC(C)C(=O)Nc1cccc([N+](=O)[O-])c1. The van der Waals surface area contributed by atoms with Crippen LogP contribution >= 0.6 is 0 Å². The molecule has 0 heterocycles. The van der Waals surface area contributed by atoms with Gasteiger partial charge in [0.05, 0.1) is 18.0 Å². The van der Waals surface area contributed by atoms with Crippen molar-refractivity contribution in [3.63, 3.8) is 0 Å². The van der Waals surface area contributed by atoms with Crippen molar-refractivity contribution in [2.75, 3.05) is 11.9 Å². The molecule has 0 aliphatic carbocycles. The number of carbonyl (C=O) groups excluding carboxylic acids is 2. The Hall–Kier alpha value is -3.42. The largest absolute Gasteiger partial charge is 0.493 e. The number of nitro groups is 1. The maximum absolute atomic E-state index is 12.1. The van der Waals surface area contributed by atoms with Crippen LogP contribution in [0.25, 0.3) is 0 Å². The van der Waals surface area contributed by atoms with Crippen LogP contribution in [-0.4, -0.2) is 29.5 Å². The number of rotatable bonds is 8. The summed E-state index contributed by atoms with van der Waals surface area (Å²) in [6.07, 6.45) is -1.06. The lowest BCUT2D eigenvalue weighted by atomic mass is 10.2. The highest BCUT2D eigenvalue weighted by molar-refractivity contribution is 5.95. The zero-order chi connectivity index (χ0) is 19.8. The number of nitrogens with zero attached hydrogens (tertiary/aromatic N) is 1. The molecule has 0 spiro atoms. The molecule has 8 heteroatoms. The Kier molecular flexibility index (Phi) is 6.87. The first-order valence-corrected chi connectivity index (χ1v) is 8.30. The molecule has 1 amide bonds. The summed E-state index contributed by atoms with van der Waals surface area (Å²) in [5.74, 6) is -0.476. The van der Waals surface area contributed by atoms with Crippen LogP contribution < -0.4 is 10.1 Å². The second-order valence-electron chi connectivity index (χ2n) is 5.79. The molecule has 8 nitrogen and oxygen atoms in total. The quantitative estimate of drug-likeness (QED) is 0.433. The van der Waals surface area contributed by atoms with E-state index in [0.29, 0.717) is 5.75 Å². The number of nitrogens with one attached hydrogen (secondary N) is 1. The minimum Gasteiger partial charge on any atom is -0.493 e. The topological polar surface area (TPSA) is 108 Å². The maximum atomic E-state index is 12.1. The first kappa shape index (κ1) is 19.9. The van der Waals surface area contributed by atoms with E-state index < -0.39 is 22.9 Å². The number of nitro benzene ring substituents is 1. The minimum absolute atomic E-state index is 0.0111. The molecule has 0 aromatic heterocycles. The summed E-state index contributed by atoms with van der Waals surface area (Å²) >= 11 is 0. The van der Waals surface area contributed by atoms with Crippen LogP contribution in [0.1, 0.15) is 18.9 Å². The average Bonchev–Trinajstić information content (AvgIpc) is 2.63. The molecule has 1 N–H and O–H groups in total. The van der Waals surface area contributed by atoms with Crippen molar-refractivity contribution in [3.05, 3.63) is 64.2 Å². The molecule has 0 aliphatic rings. The number of amides is 1. The van der Waals surface area contributed by atoms with Crippen molar-refractivity contribution in [2.24, 2.45) is 0 Å². The third-order valence-corrected chi connectivity index (χ3v) is 3.66. The van der Waals surface area contributed by atoms with E-state index >= 15 is 0 Å². The molecule has 2 aromatic rings. The van der Waals surface area contributed by atoms with Gasteiger partial charge in [0.25, 0.3) is 11.6 Å². The molecule has 142 valence electrons. The second kappa shape index (κ2) is 9.33. The van der Waals surface area contributed by atoms with Crippen LogP contribution in [0.3, 0.4) is 0 Å². The van der Waals surface area contributed by atoms with Gasteiger partial charge >= 0.3 is 5.97 Å². The van der Waals surface area contributed by atoms with E-state index in [9.17, 15) is 19.7 Å². The molecule has 0 bridgehead atoms. The summed E-state index contributed by atoms with van der Waals surface area (Å²) in [6.45, 7) is 3.45. The van der Waals surface area contributed by atoms with Crippen LogP contribution in [0.2, 0.25) is 0 Å². The number of benzene rings is 2. The van der Waals surface area contributed by atoms with Gasteiger partial charge in [0, 0.05) is 17.8 Å². The monoisotopic (exact) mass is 372 g/mol. The molecule has 2 aromatic carbocycles. The summed E-state index contributed by atoms with van der Waals surface area (Å²) in [6, 6.07) is 12.9. The molecule has 1 unspecified atom stereocenters. The summed E-state index contributed by atoms with van der Waals surface area (Å²) in [5, 5.41) is 13.2. The van der Waals surface area contributed by atoms with Gasteiger partial charge in [-0.1, -0.05) is 24.3 Å². The molecule has 1 atom stereocenters. The number of hydrogen-bond acceptors (Lipinski definition) is 6. The first-order chi connectivity index (χ1) is 12.9. The van der Waals surface area contributed by atoms with Gasteiger partial charge in [-0.25, -0.2) is 0 Å². The number of ether oxygens (including phenoxy) is 2. The molecule has 0 fully saturated rings. The highest BCUT2D eigenvalue weighted by Crippen LogP contribution is 2.18. The average molecular weight is 372 g/mol. The molecule has 0 aliphatic heterocycles. The number of carbonyl (C=O) groups is 2. The third kappa shape index (κ3) is 6.10. The van der Waals surface area contributed by atoms with Crippen molar-refractivity contribution in [1.82, 2.24) is 0 Å². The fourth-order valence-electron chi connectivity index (χ4n) is 2.21. The van der Waals surface area contributed by atoms with E-state index in [-0.39, 0.29) is 24.4 Å².